The van der Waals surface area contributed by atoms with E-state index in [4.69, 9.17) is 0 Å². The van der Waals surface area contributed by atoms with Crippen molar-refractivity contribution >= 4 is 21.8 Å². The van der Waals surface area contributed by atoms with Crippen LogP contribution in [0.5, 0.6) is 0 Å². The first-order chi connectivity index (χ1) is 6.89. The number of carbonyl (C=O) groups excluding carboxylic acids is 1. The van der Waals surface area contributed by atoms with Crippen molar-refractivity contribution in [3.8, 4) is 0 Å². The quantitative estimate of drug-likeness (QED) is 0.821. The third-order valence-electron chi connectivity index (χ3n) is 1.82. The van der Waals surface area contributed by atoms with Crippen molar-refractivity contribution in [2.24, 2.45) is 7.05 Å². The summed E-state index contributed by atoms with van der Waals surface area (Å²) < 4.78 is 1.12. The molecule has 0 radical (unpaired) electrons. The van der Waals surface area contributed by atoms with Crippen LogP contribution in [0.3, 0.4) is 0 Å². The second kappa shape index (κ2) is 4.74. The van der Waals surface area contributed by atoms with Gasteiger partial charge in [-0.25, -0.2) is 4.98 Å². The molecule has 5 nitrogen and oxygen atoms in total. The van der Waals surface area contributed by atoms with Crippen LogP contribution in [-0.4, -0.2) is 31.5 Å². The second-order valence-electron chi connectivity index (χ2n) is 3.81. The summed E-state index contributed by atoms with van der Waals surface area (Å²) in [6, 6.07) is 0. The highest BCUT2D eigenvalue weighted by Gasteiger charge is 2.22. The summed E-state index contributed by atoms with van der Waals surface area (Å²) in [6.45, 7) is 4.17. The summed E-state index contributed by atoms with van der Waals surface area (Å²) in [7, 11) is 1.82. The Bertz CT molecular complexity index is 342. The molecule has 0 aliphatic heterocycles. The van der Waals surface area contributed by atoms with Gasteiger partial charge in [-0.3, -0.25) is 9.48 Å². The Morgan fingerprint density at radius 2 is 2.33 bits per heavy atom. The van der Waals surface area contributed by atoms with E-state index >= 15 is 0 Å². The molecule has 0 saturated heterocycles. The topological polar surface area (TPSA) is 59.8 Å². The number of hydrogen-bond acceptors (Lipinski definition) is 3. The molecule has 1 aromatic rings. The average Bonchev–Trinajstić information content (AvgIpc) is 2.49. The number of hydrogen-bond donors (Lipinski definition) is 1. The lowest BCUT2D eigenvalue weighted by atomic mass is 10.2. The Morgan fingerprint density at radius 3 is 2.80 bits per heavy atom. The first kappa shape index (κ1) is 12.2. The van der Waals surface area contributed by atoms with Gasteiger partial charge in [-0.1, -0.05) is 15.9 Å². The van der Waals surface area contributed by atoms with Crippen LogP contribution >= 0.6 is 15.9 Å². The molecule has 15 heavy (non-hydrogen) atoms. The fourth-order valence-electron chi connectivity index (χ4n) is 0.996. The van der Waals surface area contributed by atoms with Crippen LogP contribution in [0.4, 0.5) is 0 Å². The van der Waals surface area contributed by atoms with E-state index in [9.17, 15) is 4.79 Å². The second-order valence-corrected chi connectivity index (χ2v) is 5.80. The molecule has 1 amide bonds. The maximum absolute atomic E-state index is 11.5. The molecule has 0 spiro atoms. The van der Waals surface area contributed by atoms with Crippen molar-refractivity contribution in [2.75, 3.05) is 6.54 Å². The number of alkyl halides is 1. The van der Waals surface area contributed by atoms with E-state index in [-0.39, 0.29) is 5.91 Å². The minimum absolute atomic E-state index is 0.0292. The molecule has 0 aromatic carbocycles. The molecule has 0 unspecified atom stereocenters. The summed E-state index contributed by atoms with van der Waals surface area (Å²) >= 11 is 3.29. The lowest BCUT2D eigenvalue weighted by Gasteiger charge is -2.15. The van der Waals surface area contributed by atoms with E-state index in [1.807, 2.05) is 7.05 Å². The predicted molar refractivity (Wildman–Crippen MR) is 60.7 cm³/mol. The van der Waals surface area contributed by atoms with E-state index in [1.165, 1.54) is 0 Å². The maximum atomic E-state index is 11.5. The highest BCUT2D eigenvalue weighted by atomic mass is 79.9. The Labute approximate surface area is 97.4 Å². The maximum Gasteiger partial charge on any atom is 0.236 e. The predicted octanol–water partition coefficient (Wildman–Crippen LogP) is 0.647. The van der Waals surface area contributed by atoms with Crippen molar-refractivity contribution in [3.05, 3.63) is 12.2 Å². The Kier molecular flexibility index (Phi) is 3.84. The number of halogens is 1. The van der Waals surface area contributed by atoms with Crippen LogP contribution in [0, 0.1) is 0 Å². The minimum atomic E-state index is -0.523. The van der Waals surface area contributed by atoms with Gasteiger partial charge in [-0.2, -0.15) is 5.10 Å². The zero-order valence-corrected chi connectivity index (χ0v) is 10.7. The Balaban J connectivity index is 2.31. The molecule has 1 heterocycles. The highest BCUT2D eigenvalue weighted by molar-refractivity contribution is 9.10. The van der Waals surface area contributed by atoms with Crippen LogP contribution in [0.25, 0.3) is 0 Å². The van der Waals surface area contributed by atoms with Gasteiger partial charge in [0.05, 0.1) is 4.32 Å². The Hall–Kier alpha value is -0.910. The van der Waals surface area contributed by atoms with Gasteiger partial charge in [-0.15, -0.1) is 0 Å². The van der Waals surface area contributed by atoms with Gasteiger partial charge in [0.25, 0.3) is 0 Å². The molecule has 84 valence electrons. The van der Waals surface area contributed by atoms with Gasteiger partial charge in [0, 0.05) is 20.0 Å². The zero-order chi connectivity index (χ0) is 11.5. The van der Waals surface area contributed by atoms with E-state index < -0.39 is 4.32 Å². The molecule has 0 bridgehead atoms. The minimum Gasteiger partial charge on any atom is -0.354 e. The van der Waals surface area contributed by atoms with Gasteiger partial charge in [0.1, 0.15) is 6.33 Å². The number of nitrogens with one attached hydrogen (secondary N) is 1. The molecule has 1 aromatic heterocycles. The van der Waals surface area contributed by atoms with E-state index in [1.54, 1.807) is 24.9 Å². The largest absolute Gasteiger partial charge is 0.354 e. The van der Waals surface area contributed by atoms with Crippen LogP contribution in [-0.2, 0) is 18.3 Å². The van der Waals surface area contributed by atoms with E-state index in [0.29, 0.717) is 13.0 Å². The highest BCUT2D eigenvalue weighted by Crippen LogP contribution is 2.14. The smallest absolute Gasteiger partial charge is 0.236 e. The van der Waals surface area contributed by atoms with Crippen LogP contribution in [0.1, 0.15) is 19.7 Å². The molecule has 1 N–H and O–H groups in total. The molecule has 0 fully saturated rings. The van der Waals surface area contributed by atoms with Gasteiger partial charge >= 0.3 is 0 Å². The standard InChI is InChI=1S/C9H15BrN4O/c1-9(2,10)8(15)11-5-4-7-12-6-14(3)13-7/h6H,4-5H2,1-3H3,(H,11,15). The summed E-state index contributed by atoms with van der Waals surface area (Å²) in [5.74, 6) is 0.712. The number of rotatable bonds is 4. The summed E-state index contributed by atoms with van der Waals surface area (Å²) in [5.41, 5.74) is 0. The molecule has 1 rings (SSSR count). The number of aryl methyl sites for hydroxylation is 1. The summed E-state index contributed by atoms with van der Waals surface area (Å²) in [6.07, 6.45) is 2.29. The van der Waals surface area contributed by atoms with Crippen molar-refractivity contribution in [3.63, 3.8) is 0 Å². The van der Waals surface area contributed by atoms with Crippen molar-refractivity contribution in [2.45, 2.75) is 24.6 Å². The average molecular weight is 275 g/mol. The third kappa shape index (κ3) is 3.99. The van der Waals surface area contributed by atoms with Gasteiger partial charge in [0.15, 0.2) is 5.82 Å². The van der Waals surface area contributed by atoms with E-state index in [2.05, 4.69) is 31.3 Å². The molecule has 0 aliphatic rings. The van der Waals surface area contributed by atoms with Crippen molar-refractivity contribution in [1.29, 1.82) is 0 Å². The van der Waals surface area contributed by atoms with Crippen molar-refractivity contribution in [1.82, 2.24) is 20.1 Å². The number of carbonyl (C=O) groups is 1. The van der Waals surface area contributed by atoms with Gasteiger partial charge < -0.3 is 5.32 Å². The zero-order valence-electron chi connectivity index (χ0n) is 9.12. The molecule has 0 atom stereocenters. The fraction of sp³-hybridized carbons (Fsp3) is 0.667. The normalized spacial score (nSPS) is 11.5. The SMILES string of the molecule is Cn1cnc(CCNC(=O)C(C)(C)Br)n1. The third-order valence-corrected chi connectivity index (χ3v) is 2.18. The number of aromatic nitrogens is 3. The number of amides is 1. The molecule has 0 aliphatic carbocycles. The molecule has 0 saturated carbocycles. The van der Waals surface area contributed by atoms with Crippen LogP contribution < -0.4 is 5.32 Å². The first-order valence-electron chi connectivity index (χ1n) is 4.71. The number of nitrogens with zero attached hydrogens (tertiary/aromatic N) is 3. The molecular formula is C9H15BrN4O. The van der Waals surface area contributed by atoms with Crippen LogP contribution in [0.2, 0.25) is 0 Å². The first-order valence-corrected chi connectivity index (χ1v) is 5.50. The summed E-state index contributed by atoms with van der Waals surface area (Å²) in [5, 5.41) is 6.92. The van der Waals surface area contributed by atoms with Crippen molar-refractivity contribution < 1.29 is 4.79 Å². The fourth-order valence-corrected chi connectivity index (χ4v) is 1.14. The summed E-state index contributed by atoms with van der Waals surface area (Å²) in [4.78, 5) is 15.5. The lowest BCUT2D eigenvalue weighted by Crippen LogP contribution is -2.38. The van der Waals surface area contributed by atoms with Gasteiger partial charge in [0.2, 0.25) is 5.91 Å². The lowest BCUT2D eigenvalue weighted by molar-refractivity contribution is -0.122. The van der Waals surface area contributed by atoms with Gasteiger partial charge in [-0.05, 0) is 13.8 Å². The van der Waals surface area contributed by atoms with E-state index in [0.717, 1.165) is 5.82 Å². The molecule has 6 heteroatoms. The Morgan fingerprint density at radius 1 is 1.67 bits per heavy atom. The van der Waals surface area contributed by atoms with Crippen LogP contribution in [0.15, 0.2) is 6.33 Å². The monoisotopic (exact) mass is 274 g/mol. The molecular weight excluding hydrogens is 260 g/mol.